The molecule has 2 aromatic rings. The maximum Gasteiger partial charge on any atom is 0.147 e. The van der Waals surface area contributed by atoms with Crippen molar-refractivity contribution in [1.82, 2.24) is 9.88 Å². The molecule has 3 rings (SSSR count). The van der Waals surface area contributed by atoms with Crippen LogP contribution in [0.4, 0.5) is 11.5 Å². The molecule has 0 fully saturated rings. The molecule has 0 amide bonds. The molecule has 110 valence electrons. The monoisotopic (exact) mass is 299 g/mol. The summed E-state index contributed by atoms with van der Waals surface area (Å²) in [6.45, 7) is 8.66. The van der Waals surface area contributed by atoms with Crippen LogP contribution in [0.1, 0.15) is 13.8 Å². The van der Waals surface area contributed by atoms with E-state index in [0.29, 0.717) is 0 Å². The van der Waals surface area contributed by atoms with Crippen LogP contribution in [0.15, 0.2) is 52.4 Å². The molecule has 0 spiro atoms. The summed E-state index contributed by atoms with van der Waals surface area (Å²) in [5.74, 6) is 1.09. The van der Waals surface area contributed by atoms with E-state index in [-0.39, 0.29) is 0 Å². The van der Waals surface area contributed by atoms with Crippen LogP contribution in [-0.2, 0) is 0 Å². The fourth-order valence-corrected chi connectivity index (χ4v) is 3.74. The average molecular weight is 299 g/mol. The lowest BCUT2D eigenvalue weighted by molar-refractivity contribution is 0.312. The molecule has 0 radical (unpaired) electrons. The van der Waals surface area contributed by atoms with Crippen molar-refractivity contribution >= 4 is 23.3 Å². The zero-order chi connectivity index (χ0) is 14.7. The lowest BCUT2D eigenvalue weighted by Gasteiger charge is -2.33. The number of aromatic nitrogens is 1. The van der Waals surface area contributed by atoms with Crippen LogP contribution in [0.3, 0.4) is 0 Å². The first-order valence-electron chi connectivity index (χ1n) is 7.55. The van der Waals surface area contributed by atoms with Gasteiger partial charge in [0.1, 0.15) is 5.82 Å². The smallest absolute Gasteiger partial charge is 0.147 e. The summed E-state index contributed by atoms with van der Waals surface area (Å²) in [7, 11) is 0. The Kier molecular flexibility index (Phi) is 4.46. The maximum absolute atomic E-state index is 4.62. The van der Waals surface area contributed by atoms with Gasteiger partial charge >= 0.3 is 0 Å². The van der Waals surface area contributed by atoms with E-state index in [1.807, 2.05) is 24.0 Å². The van der Waals surface area contributed by atoms with Crippen molar-refractivity contribution in [3.63, 3.8) is 0 Å². The Hall–Kier alpha value is -1.52. The van der Waals surface area contributed by atoms with Gasteiger partial charge in [-0.15, -0.1) is 0 Å². The van der Waals surface area contributed by atoms with Gasteiger partial charge in [0.05, 0.1) is 10.6 Å². The van der Waals surface area contributed by atoms with Crippen LogP contribution in [0.5, 0.6) is 0 Å². The van der Waals surface area contributed by atoms with E-state index in [0.717, 1.165) is 32.0 Å². The van der Waals surface area contributed by atoms with Crippen LogP contribution in [0, 0.1) is 0 Å². The molecule has 1 aliphatic rings. The second-order valence-electron chi connectivity index (χ2n) is 5.07. The van der Waals surface area contributed by atoms with Crippen molar-refractivity contribution < 1.29 is 0 Å². The summed E-state index contributed by atoms with van der Waals surface area (Å²) < 4.78 is 0. The van der Waals surface area contributed by atoms with Crippen molar-refractivity contribution in [3.8, 4) is 0 Å². The van der Waals surface area contributed by atoms with Crippen molar-refractivity contribution in [1.29, 1.82) is 0 Å². The topological polar surface area (TPSA) is 19.4 Å². The van der Waals surface area contributed by atoms with Crippen LogP contribution in [0.25, 0.3) is 0 Å². The number of likely N-dealkylation sites (N-methyl/N-ethyl adjacent to an activating group) is 1. The molecular weight excluding hydrogens is 278 g/mol. The van der Waals surface area contributed by atoms with Crippen molar-refractivity contribution in [3.05, 3.63) is 42.6 Å². The predicted octanol–water partition coefficient (Wildman–Crippen LogP) is 4.03. The fourth-order valence-electron chi connectivity index (χ4n) is 2.67. The van der Waals surface area contributed by atoms with Crippen LogP contribution < -0.4 is 4.90 Å². The van der Waals surface area contributed by atoms with Gasteiger partial charge < -0.3 is 9.80 Å². The summed E-state index contributed by atoms with van der Waals surface area (Å²) in [6, 6.07) is 12.8. The lowest BCUT2D eigenvalue weighted by atomic mass is 10.2. The summed E-state index contributed by atoms with van der Waals surface area (Å²) in [5, 5.41) is 0. The molecule has 0 bridgehead atoms. The van der Waals surface area contributed by atoms with E-state index in [4.69, 9.17) is 0 Å². The highest BCUT2D eigenvalue weighted by atomic mass is 32.2. The molecule has 0 saturated heterocycles. The first kappa shape index (κ1) is 14.4. The van der Waals surface area contributed by atoms with Crippen molar-refractivity contribution in [2.45, 2.75) is 23.6 Å². The molecule has 0 aliphatic carbocycles. The lowest BCUT2D eigenvalue weighted by Crippen LogP contribution is -2.34. The summed E-state index contributed by atoms with van der Waals surface area (Å²) in [5.41, 5.74) is 1.28. The van der Waals surface area contributed by atoms with Crippen LogP contribution >= 0.6 is 11.8 Å². The Morgan fingerprint density at radius 3 is 2.62 bits per heavy atom. The minimum absolute atomic E-state index is 0.975. The molecule has 1 aliphatic heterocycles. The minimum atomic E-state index is 0.975. The number of hydrogen-bond donors (Lipinski definition) is 0. The van der Waals surface area contributed by atoms with Gasteiger partial charge in [-0.3, -0.25) is 0 Å². The van der Waals surface area contributed by atoms with Gasteiger partial charge in [-0.05, 0) is 37.4 Å². The average Bonchev–Trinajstić information content (AvgIpc) is 2.54. The van der Waals surface area contributed by atoms with Gasteiger partial charge in [0, 0.05) is 24.2 Å². The Labute approximate surface area is 131 Å². The number of para-hydroxylation sites is 1. The number of rotatable bonds is 5. The zero-order valence-corrected chi connectivity index (χ0v) is 13.4. The van der Waals surface area contributed by atoms with Gasteiger partial charge in [0.25, 0.3) is 0 Å². The second-order valence-corrected chi connectivity index (χ2v) is 6.16. The summed E-state index contributed by atoms with van der Waals surface area (Å²) in [6.07, 6.45) is 1.89. The number of hydrogen-bond acceptors (Lipinski definition) is 4. The summed E-state index contributed by atoms with van der Waals surface area (Å²) in [4.78, 5) is 12.0. The van der Waals surface area contributed by atoms with E-state index >= 15 is 0 Å². The van der Waals surface area contributed by atoms with E-state index in [1.165, 1.54) is 15.5 Å². The molecule has 1 aromatic heterocycles. The molecule has 3 nitrogen and oxygen atoms in total. The number of pyridine rings is 1. The Balaban J connectivity index is 1.91. The summed E-state index contributed by atoms with van der Waals surface area (Å²) >= 11 is 1.81. The SMILES string of the molecule is CCN(CC)CCN1c2ccccc2Sc2cccnc21. The number of fused-ring (bicyclic) bond motifs is 2. The zero-order valence-electron chi connectivity index (χ0n) is 12.6. The number of benzene rings is 1. The van der Waals surface area contributed by atoms with Crippen molar-refractivity contribution in [2.75, 3.05) is 31.1 Å². The number of anilines is 2. The third kappa shape index (κ3) is 2.92. The third-order valence-corrected chi connectivity index (χ3v) is 5.02. The predicted molar refractivity (Wildman–Crippen MR) is 89.6 cm³/mol. The van der Waals surface area contributed by atoms with Gasteiger partial charge in [-0.25, -0.2) is 4.98 Å². The maximum atomic E-state index is 4.62. The molecule has 21 heavy (non-hydrogen) atoms. The van der Waals surface area contributed by atoms with Crippen molar-refractivity contribution in [2.24, 2.45) is 0 Å². The molecule has 4 heteroatoms. The van der Waals surface area contributed by atoms with Gasteiger partial charge in [-0.1, -0.05) is 37.7 Å². The Morgan fingerprint density at radius 2 is 1.81 bits per heavy atom. The normalized spacial score (nSPS) is 13.2. The highest BCUT2D eigenvalue weighted by Gasteiger charge is 2.23. The first-order chi connectivity index (χ1) is 10.3. The highest BCUT2D eigenvalue weighted by Crippen LogP contribution is 2.46. The molecule has 1 aromatic carbocycles. The first-order valence-corrected chi connectivity index (χ1v) is 8.37. The molecule has 0 N–H and O–H groups in total. The minimum Gasteiger partial charge on any atom is -0.323 e. The standard InChI is InChI=1S/C17H21N3S/c1-3-19(4-2)12-13-20-14-8-5-6-9-15(14)21-16-10-7-11-18-17(16)20/h5-11H,3-4,12-13H2,1-2H3. The Morgan fingerprint density at radius 1 is 1.05 bits per heavy atom. The van der Waals surface area contributed by atoms with E-state index in [1.54, 1.807) is 0 Å². The number of nitrogens with zero attached hydrogens (tertiary/aromatic N) is 3. The molecule has 0 unspecified atom stereocenters. The fraction of sp³-hybridized carbons (Fsp3) is 0.353. The van der Waals surface area contributed by atoms with Crippen LogP contribution in [-0.4, -0.2) is 36.1 Å². The molecule has 2 heterocycles. The Bertz CT molecular complexity index is 565. The van der Waals surface area contributed by atoms with E-state index in [2.05, 4.69) is 59.0 Å². The largest absolute Gasteiger partial charge is 0.323 e. The quantitative estimate of drug-likeness (QED) is 0.830. The highest BCUT2D eigenvalue weighted by molar-refractivity contribution is 7.99. The second kappa shape index (κ2) is 6.50. The van der Waals surface area contributed by atoms with Crippen LogP contribution in [0.2, 0.25) is 0 Å². The molecule has 0 atom stereocenters. The van der Waals surface area contributed by atoms with Gasteiger partial charge in [-0.2, -0.15) is 0 Å². The third-order valence-electron chi connectivity index (χ3n) is 3.92. The van der Waals surface area contributed by atoms with Gasteiger partial charge in [0.15, 0.2) is 0 Å². The molecular formula is C17H21N3S. The van der Waals surface area contributed by atoms with Gasteiger partial charge in [0.2, 0.25) is 0 Å². The van der Waals surface area contributed by atoms with E-state index < -0.39 is 0 Å². The van der Waals surface area contributed by atoms with E-state index in [9.17, 15) is 0 Å². The molecule has 0 saturated carbocycles.